The standard InChI is InChI=1S/C22H32N6O/c1-3-23-20-15-21(26-17-25-20)28-13-6-7-18(16-28)9-10-22(29)27(2)14-11-19-8-4-5-12-24-19/h4-5,8,12,15,17-18H,3,6-7,9-11,13-14,16H2,1-2H3,(H,23,25,26)/t18-/m1/s1. The number of hydrogen-bond donors (Lipinski definition) is 1. The summed E-state index contributed by atoms with van der Waals surface area (Å²) in [5.74, 6) is 2.58. The van der Waals surface area contributed by atoms with Crippen molar-refractivity contribution in [3.05, 3.63) is 42.5 Å². The summed E-state index contributed by atoms with van der Waals surface area (Å²) >= 11 is 0. The number of pyridine rings is 1. The zero-order chi connectivity index (χ0) is 20.5. The van der Waals surface area contributed by atoms with E-state index in [0.717, 1.165) is 56.2 Å². The number of carbonyl (C=O) groups is 1. The van der Waals surface area contributed by atoms with Crippen LogP contribution in [0.15, 0.2) is 36.8 Å². The third kappa shape index (κ3) is 6.41. The molecule has 1 amide bonds. The van der Waals surface area contributed by atoms with E-state index in [1.165, 1.54) is 6.42 Å². The van der Waals surface area contributed by atoms with Crippen LogP contribution in [0.3, 0.4) is 0 Å². The first-order chi connectivity index (χ1) is 14.2. The van der Waals surface area contributed by atoms with Crippen LogP contribution in [-0.2, 0) is 11.2 Å². The first-order valence-electron chi connectivity index (χ1n) is 10.6. The Kier molecular flexibility index (Phi) is 7.78. The zero-order valence-electron chi connectivity index (χ0n) is 17.5. The fraction of sp³-hybridized carbons (Fsp3) is 0.545. The van der Waals surface area contributed by atoms with E-state index in [0.29, 0.717) is 18.9 Å². The molecule has 1 aliphatic rings. The van der Waals surface area contributed by atoms with Gasteiger partial charge in [0, 0.05) is 64.0 Å². The van der Waals surface area contributed by atoms with Crippen LogP contribution >= 0.6 is 0 Å². The van der Waals surface area contributed by atoms with Gasteiger partial charge in [0.2, 0.25) is 5.91 Å². The van der Waals surface area contributed by atoms with Gasteiger partial charge in [-0.25, -0.2) is 9.97 Å². The number of piperidine rings is 1. The van der Waals surface area contributed by atoms with Crippen LogP contribution in [0, 0.1) is 5.92 Å². The maximum absolute atomic E-state index is 12.5. The predicted molar refractivity (Wildman–Crippen MR) is 116 cm³/mol. The summed E-state index contributed by atoms with van der Waals surface area (Å²) in [6, 6.07) is 7.91. The minimum Gasteiger partial charge on any atom is -0.370 e. The lowest BCUT2D eigenvalue weighted by atomic mass is 9.93. The van der Waals surface area contributed by atoms with Crippen molar-refractivity contribution in [1.29, 1.82) is 0 Å². The van der Waals surface area contributed by atoms with Gasteiger partial charge in [0.15, 0.2) is 0 Å². The van der Waals surface area contributed by atoms with Gasteiger partial charge in [-0.2, -0.15) is 0 Å². The van der Waals surface area contributed by atoms with E-state index in [1.54, 1.807) is 12.5 Å². The Morgan fingerprint density at radius 3 is 3.00 bits per heavy atom. The van der Waals surface area contributed by atoms with Crippen molar-refractivity contribution in [1.82, 2.24) is 19.9 Å². The van der Waals surface area contributed by atoms with Gasteiger partial charge in [0.25, 0.3) is 0 Å². The van der Waals surface area contributed by atoms with Gasteiger partial charge in [-0.1, -0.05) is 6.07 Å². The van der Waals surface area contributed by atoms with Gasteiger partial charge < -0.3 is 15.1 Å². The monoisotopic (exact) mass is 396 g/mol. The van der Waals surface area contributed by atoms with Crippen molar-refractivity contribution in [2.45, 2.75) is 39.0 Å². The summed E-state index contributed by atoms with van der Waals surface area (Å²) in [7, 11) is 1.89. The highest BCUT2D eigenvalue weighted by molar-refractivity contribution is 5.75. The summed E-state index contributed by atoms with van der Waals surface area (Å²) in [5, 5.41) is 3.24. The highest BCUT2D eigenvalue weighted by Crippen LogP contribution is 2.25. The molecule has 0 radical (unpaired) electrons. The third-order valence-corrected chi connectivity index (χ3v) is 5.48. The summed E-state index contributed by atoms with van der Waals surface area (Å²) < 4.78 is 0. The van der Waals surface area contributed by atoms with Gasteiger partial charge in [0.1, 0.15) is 18.0 Å². The molecule has 3 heterocycles. The van der Waals surface area contributed by atoms with Crippen LogP contribution in [0.2, 0.25) is 0 Å². The molecule has 0 aliphatic carbocycles. The fourth-order valence-electron chi connectivity index (χ4n) is 3.78. The van der Waals surface area contributed by atoms with Crippen molar-refractivity contribution in [2.24, 2.45) is 5.92 Å². The van der Waals surface area contributed by atoms with Crippen molar-refractivity contribution in [2.75, 3.05) is 43.4 Å². The predicted octanol–water partition coefficient (Wildman–Crippen LogP) is 3.00. The third-order valence-electron chi connectivity index (χ3n) is 5.48. The van der Waals surface area contributed by atoms with Gasteiger partial charge >= 0.3 is 0 Å². The van der Waals surface area contributed by atoms with Gasteiger partial charge in [-0.05, 0) is 44.2 Å². The first kappa shape index (κ1) is 21.0. The number of carbonyl (C=O) groups excluding carboxylic acids is 1. The fourth-order valence-corrected chi connectivity index (χ4v) is 3.78. The smallest absolute Gasteiger partial charge is 0.222 e. The Bertz CT molecular complexity index is 769. The Hall–Kier alpha value is -2.70. The lowest BCUT2D eigenvalue weighted by Gasteiger charge is -2.33. The Balaban J connectivity index is 1.45. The minimum absolute atomic E-state index is 0.217. The normalized spacial score (nSPS) is 16.5. The maximum atomic E-state index is 12.5. The zero-order valence-corrected chi connectivity index (χ0v) is 17.5. The van der Waals surface area contributed by atoms with Crippen LogP contribution in [-0.4, -0.2) is 59.0 Å². The molecule has 0 bridgehead atoms. The number of nitrogens with zero attached hydrogens (tertiary/aromatic N) is 5. The quantitative estimate of drug-likeness (QED) is 0.702. The molecule has 1 aliphatic heterocycles. The molecule has 156 valence electrons. The van der Waals surface area contributed by atoms with E-state index in [-0.39, 0.29) is 5.91 Å². The highest BCUT2D eigenvalue weighted by Gasteiger charge is 2.22. The second kappa shape index (κ2) is 10.7. The number of nitrogens with one attached hydrogen (secondary N) is 1. The molecule has 1 saturated heterocycles. The number of hydrogen-bond acceptors (Lipinski definition) is 6. The maximum Gasteiger partial charge on any atom is 0.222 e. The highest BCUT2D eigenvalue weighted by atomic mass is 16.2. The van der Waals surface area contributed by atoms with E-state index in [4.69, 9.17) is 0 Å². The molecule has 1 fully saturated rings. The molecule has 3 rings (SSSR count). The van der Waals surface area contributed by atoms with Crippen LogP contribution in [0.25, 0.3) is 0 Å². The van der Waals surface area contributed by atoms with Crippen LogP contribution in [0.1, 0.15) is 38.3 Å². The minimum atomic E-state index is 0.217. The van der Waals surface area contributed by atoms with Crippen molar-refractivity contribution in [3.8, 4) is 0 Å². The van der Waals surface area contributed by atoms with Crippen LogP contribution in [0.5, 0.6) is 0 Å². The SMILES string of the molecule is CCNc1cc(N2CCC[C@H](CCC(=O)N(C)CCc3ccccn3)C2)ncn1. The Labute approximate surface area is 173 Å². The molecule has 1 N–H and O–H groups in total. The molecule has 0 spiro atoms. The average Bonchev–Trinajstić information content (AvgIpc) is 2.77. The molecule has 0 saturated carbocycles. The molecular weight excluding hydrogens is 364 g/mol. The van der Waals surface area contributed by atoms with Crippen molar-refractivity contribution < 1.29 is 4.79 Å². The average molecular weight is 397 g/mol. The summed E-state index contributed by atoms with van der Waals surface area (Å²) in [5.41, 5.74) is 1.02. The lowest BCUT2D eigenvalue weighted by Crippen LogP contribution is -2.37. The van der Waals surface area contributed by atoms with E-state index >= 15 is 0 Å². The summed E-state index contributed by atoms with van der Waals surface area (Å²) in [4.78, 5) is 29.7. The molecule has 0 aromatic carbocycles. The number of rotatable bonds is 9. The van der Waals surface area contributed by atoms with Gasteiger partial charge in [-0.3, -0.25) is 9.78 Å². The van der Waals surface area contributed by atoms with E-state index in [1.807, 2.05) is 36.2 Å². The number of amides is 1. The van der Waals surface area contributed by atoms with Crippen LogP contribution in [0.4, 0.5) is 11.6 Å². The Morgan fingerprint density at radius 1 is 1.31 bits per heavy atom. The van der Waals surface area contributed by atoms with Crippen LogP contribution < -0.4 is 10.2 Å². The van der Waals surface area contributed by atoms with Gasteiger partial charge in [0.05, 0.1) is 0 Å². The van der Waals surface area contributed by atoms with E-state index in [2.05, 4.69) is 32.1 Å². The lowest BCUT2D eigenvalue weighted by molar-refractivity contribution is -0.130. The molecular formula is C22H32N6O. The molecule has 0 unspecified atom stereocenters. The number of aromatic nitrogens is 3. The Morgan fingerprint density at radius 2 is 2.21 bits per heavy atom. The topological polar surface area (TPSA) is 74.2 Å². The van der Waals surface area contributed by atoms with E-state index < -0.39 is 0 Å². The molecule has 29 heavy (non-hydrogen) atoms. The van der Waals surface area contributed by atoms with Gasteiger partial charge in [-0.15, -0.1) is 0 Å². The van der Waals surface area contributed by atoms with Crippen molar-refractivity contribution >= 4 is 17.5 Å². The molecule has 7 nitrogen and oxygen atoms in total. The second-order valence-corrected chi connectivity index (χ2v) is 7.67. The number of likely N-dealkylation sites (N-methyl/N-ethyl adjacent to an activating group) is 1. The molecule has 7 heteroatoms. The second-order valence-electron chi connectivity index (χ2n) is 7.67. The molecule has 2 aromatic heterocycles. The summed E-state index contributed by atoms with van der Waals surface area (Å²) in [6.45, 7) is 5.57. The number of anilines is 2. The molecule has 2 aromatic rings. The summed E-state index contributed by atoms with van der Waals surface area (Å²) in [6.07, 6.45) is 8.05. The van der Waals surface area contributed by atoms with Crippen molar-refractivity contribution in [3.63, 3.8) is 0 Å². The first-order valence-corrected chi connectivity index (χ1v) is 10.6. The van der Waals surface area contributed by atoms with E-state index in [9.17, 15) is 4.79 Å². The largest absolute Gasteiger partial charge is 0.370 e. The molecule has 1 atom stereocenters.